The Bertz CT molecular complexity index is 1920. The predicted octanol–water partition coefficient (Wildman–Crippen LogP) is 6.03. The van der Waals surface area contributed by atoms with E-state index in [0.717, 1.165) is 21.6 Å². The fraction of sp³-hybridized carbons (Fsp3) is 0.211. The molecule has 2 aliphatic carbocycles. The summed E-state index contributed by atoms with van der Waals surface area (Å²) < 4.78 is 0. The van der Waals surface area contributed by atoms with Gasteiger partial charge in [0.05, 0.1) is 11.1 Å². The van der Waals surface area contributed by atoms with Crippen LogP contribution in [0.25, 0.3) is 11.1 Å². The largest absolute Gasteiger partial charge is 0.288 e. The molecule has 0 amide bonds. The highest BCUT2D eigenvalue weighted by Gasteiger charge is 2.35. The van der Waals surface area contributed by atoms with Crippen molar-refractivity contribution in [2.75, 3.05) is 0 Å². The molecule has 4 aromatic rings. The van der Waals surface area contributed by atoms with E-state index in [4.69, 9.17) is 0 Å². The van der Waals surface area contributed by atoms with Crippen LogP contribution >= 0.6 is 0 Å². The molecule has 0 heterocycles. The Hall–Kier alpha value is -4.70. The number of hydrogen-bond acceptors (Lipinski definition) is 4. The van der Waals surface area contributed by atoms with Crippen molar-refractivity contribution in [3.8, 4) is 0 Å². The molecule has 0 atom stereocenters. The van der Waals surface area contributed by atoms with Gasteiger partial charge in [-0.15, -0.1) is 0 Å². The molecule has 2 aliphatic rings. The third-order valence-electron chi connectivity index (χ3n) is 8.34. The number of Topliss-reactive ketones (excluding diaryl/α,β-unsaturated/α-hetero) is 4. The van der Waals surface area contributed by atoms with Gasteiger partial charge in [0.15, 0.2) is 23.1 Å². The van der Waals surface area contributed by atoms with Gasteiger partial charge in [-0.1, -0.05) is 102 Å². The molecule has 4 nitrogen and oxygen atoms in total. The fourth-order valence-corrected chi connectivity index (χ4v) is 5.72. The van der Waals surface area contributed by atoms with Crippen molar-refractivity contribution in [2.45, 2.75) is 52.4 Å². The number of ketones is 4. The summed E-state index contributed by atoms with van der Waals surface area (Å²) in [7, 11) is 0. The number of rotatable bonds is 0. The maximum absolute atomic E-state index is 13.3. The summed E-state index contributed by atoms with van der Waals surface area (Å²) in [6, 6.07) is 25.8. The van der Waals surface area contributed by atoms with Gasteiger partial charge in [0, 0.05) is 22.3 Å². The van der Waals surface area contributed by atoms with E-state index >= 15 is 0 Å². The first-order valence-corrected chi connectivity index (χ1v) is 14.2. The van der Waals surface area contributed by atoms with Gasteiger partial charge in [0.25, 0.3) is 0 Å². The lowest BCUT2D eigenvalue weighted by Gasteiger charge is -2.19. The van der Waals surface area contributed by atoms with E-state index in [-0.39, 0.29) is 45.1 Å². The summed E-state index contributed by atoms with van der Waals surface area (Å²) in [5.41, 5.74) is 3.99. The van der Waals surface area contributed by atoms with Crippen molar-refractivity contribution in [1.82, 2.24) is 0 Å². The Morgan fingerprint density at radius 3 is 0.952 bits per heavy atom. The highest BCUT2D eigenvalue weighted by Crippen LogP contribution is 2.33. The first kappa shape index (κ1) is 27.5. The zero-order chi connectivity index (χ0) is 30.1. The molecule has 0 aromatic heterocycles. The average molecular weight is 553 g/mol. The standard InChI is InChI=1S/C38H32O4/c1-37(2,3)25-15-17-27-29(19-25)35(41)31(33(27)39)23-11-7-21(8-12-23)22-9-13-24(14-10-22)32-34(40)28-18-16-26(38(4,5)6)20-30(28)36(32)42/h7-20H,1-6H3. The van der Waals surface area contributed by atoms with E-state index in [1.807, 2.05) is 48.5 Å². The van der Waals surface area contributed by atoms with E-state index in [2.05, 4.69) is 41.5 Å². The minimum atomic E-state index is -0.244. The number of carbonyl (C=O) groups is 4. The Morgan fingerprint density at radius 1 is 0.357 bits per heavy atom. The van der Waals surface area contributed by atoms with Gasteiger partial charge >= 0.3 is 0 Å². The summed E-state index contributed by atoms with van der Waals surface area (Å²) in [5, 5.41) is 2.96. The Labute approximate surface area is 244 Å². The molecule has 0 radical (unpaired) electrons. The zero-order valence-electron chi connectivity index (χ0n) is 24.7. The topological polar surface area (TPSA) is 68.3 Å². The van der Waals surface area contributed by atoms with Crippen molar-refractivity contribution in [2.24, 2.45) is 0 Å². The SMILES string of the molecule is CC(C)(C)c1ccc2c(c1)C(=O)C(=c1ccc(=c3ccc(=C4C(=O)c5ccc(C(C)(C)C)cc5C4=O)cc3)cc1)C2=O. The molecular formula is C38H32O4. The van der Waals surface area contributed by atoms with E-state index in [0.29, 0.717) is 32.7 Å². The highest BCUT2D eigenvalue weighted by atomic mass is 16.2. The molecule has 208 valence electrons. The summed E-state index contributed by atoms with van der Waals surface area (Å²) in [4.78, 5) is 52.9. The lowest BCUT2D eigenvalue weighted by Crippen LogP contribution is -2.14. The maximum atomic E-state index is 13.3. The van der Waals surface area contributed by atoms with Crippen molar-refractivity contribution < 1.29 is 19.2 Å². The lowest BCUT2D eigenvalue weighted by atomic mass is 9.85. The minimum Gasteiger partial charge on any atom is -0.288 e. The van der Waals surface area contributed by atoms with Crippen molar-refractivity contribution in [3.05, 3.63) is 139 Å². The number of benzene rings is 4. The Morgan fingerprint density at radius 2 is 0.643 bits per heavy atom. The summed E-state index contributed by atoms with van der Waals surface area (Å²) in [5.74, 6) is -0.967. The van der Waals surface area contributed by atoms with Crippen LogP contribution in [0.2, 0.25) is 0 Å². The molecule has 0 spiro atoms. The van der Waals surface area contributed by atoms with Crippen LogP contribution in [0.4, 0.5) is 0 Å². The Kier molecular flexibility index (Phi) is 6.16. The first-order chi connectivity index (χ1) is 19.8. The lowest BCUT2D eigenvalue weighted by molar-refractivity contribution is 0.101. The second kappa shape index (κ2) is 9.42. The van der Waals surface area contributed by atoms with Gasteiger partial charge in [-0.3, -0.25) is 19.2 Å². The van der Waals surface area contributed by atoms with Gasteiger partial charge in [0.2, 0.25) is 0 Å². The minimum absolute atomic E-state index is 0.130. The average Bonchev–Trinajstić information content (AvgIpc) is 3.36. The van der Waals surface area contributed by atoms with Crippen LogP contribution in [-0.2, 0) is 10.8 Å². The molecule has 0 saturated carbocycles. The van der Waals surface area contributed by atoms with Gasteiger partial charge in [-0.05, 0) is 67.1 Å². The molecule has 0 fully saturated rings. The van der Waals surface area contributed by atoms with Crippen molar-refractivity contribution >= 4 is 34.3 Å². The van der Waals surface area contributed by atoms with Crippen LogP contribution in [0, 0.1) is 10.4 Å². The third-order valence-corrected chi connectivity index (χ3v) is 8.34. The quantitative estimate of drug-likeness (QED) is 0.267. The number of fused-ring (bicyclic) bond motifs is 2. The molecule has 0 bridgehead atoms. The normalized spacial score (nSPS) is 15.0. The molecule has 4 aromatic carbocycles. The van der Waals surface area contributed by atoms with Gasteiger partial charge in [-0.2, -0.15) is 0 Å². The summed E-state index contributed by atoms with van der Waals surface area (Å²) in [6.07, 6.45) is 0. The number of hydrogen-bond donors (Lipinski definition) is 0. The van der Waals surface area contributed by atoms with E-state index in [1.54, 1.807) is 36.4 Å². The van der Waals surface area contributed by atoms with Crippen molar-refractivity contribution in [1.29, 1.82) is 0 Å². The monoisotopic (exact) mass is 552 g/mol. The molecule has 0 unspecified atom stereocenters. The molecule has 4 heteroatoms. The van der Waals surface area contributed by atoms with Crippen LogP contribution in [0.1, 0.15) is 94.1 Å². The van der Waals surface area contributed by atoms with Gasteiger partial charge in [-0.25, -0.2) is 0 Å². The highest BCUT2D eigenvalue weighted by molar-refractivity contribution is 6.56. The smallest absolute Gasteiger partial charge is 0.198 e. The molecule has 0 N–H and O–H groups in total. The molecule has 6 rings (SSSR count). The van der Waals surface area contributed by atoms with Crippen LogP contribution < -0.4 is 10.4 Å². The second-order valence-corrected chi connectivity index (χ2v) is 13.2. The van der Waals surface area contributed by atoms with Crippen molar-refractivity contribution in [3.63, 3.8) is 0 Å². The Balaban J connectivity index is 1.38. The van der Waals surface area contributed by atoms with E-state index in [9.17, 15) is 19.2 Å². The molecule has 0 saturated heterocycles. The van der Waals surface area contributed by atoms with E-state index in [1.165, 1.54) is 0 Å². The maximum Gasteiger partial charge on any atom is 0.198 e. The second-order valence-electron chi connectivity index (χ2n) is 13.2. The summed E-state index contributed by atoms with van der Waals surface area (Å²) in [6.45, 7) is 12.5. The predicted molar refractivity (Wildman–Crippen MR) is 164 cm³/mol. The van der Waals surface area contributed by atoms with E-state index < -0.39 is 0 Å². The zero-order valence-corrected chi connectivity index (χ0v) is 24.7. The van der Waals surface area contributed by atoms with Crippen LogP contribution in [0.3, 0.4) is 0 Å². The number of carbonyl (C=O) groups excluding carboxylic acids is 4. The van der Waals surface area contributed by atoms with Crippen LogP contribution in [0.5, 0.6) is 0 Å². The van der Waals surface area contributed by atoms with Crippen LogP contribution in [0.15, 0.2) is 84.9 Å². The molecule has 42 heavy (non-hydrogen) atoms. The van der Waals surface area contributed by atoms with Gasteiger partial charge < -0.3 is 0 Å². The molecule has 0 aliphatic heterocycles. The fourth-order valence-electron chi connectivity index (χ4n) is 5.72. The summed E-state index contributed by atoms with van der Waals surface area (Å²) >= 11 is 0. The molecular weight excluding hydrogens is 520 g/mol. The van der Waals surface area contributed by atoms with Gasteiger partial charge in [0.1, 0.15) is 0 Å². The van der Waals surface area contributed by atoms with Crippen LogP contribution in [-0.4, -0.2) is 23.1 Å². The third kappa shape index (κ3) is 4.39. The first-order valence-electron chi connectivity index (χ1n) is 14.2.